The van der Waals surface area contributed by atoms with Crippen molar-refractivity contribution < 1.29 is 14.2 Å². The van der Waals surface area contributed by atoms with E-state index >= 15 is 0 Å². The van der Waals surface area contributed by atoms with Crippen molar-refractivity contribution in [2.45, 2.75) is 6.54 Å². The molecule has 0 radical (unpaired) electrons. The van der Waals surface area contributed by atoms with Gasteiger partial charge in [0.2, 0.25) is 0 Å². The predicted molar refractivity (Wildman–Crippen MR) is 94.7 cm³/mol. The fourth-order valence-electron chi connectivity index (χ4n) is 2.10. The molecule has 0 aliphatic rings. The standard InChI is InChI=1S/C19H20N2O3/c1-4-11-24-18-10-9-15(12-19(18)23-3)13-20-21-14-16-7-5-6-8-17(16)22-2/h1,5-10,12-13,21H,11,14H2,2-3H3/b20-13+. The summed E-state index contributed by atoms with van der Waals surface area (Å²) in [7, 11) is 3.23. The number of para-hydroxylation sites is 1. The van der Waals surface area contributed by atoms with Crippen molar-refractivity contribution in [1.29, 1.82) is 0 Å². The first-order chi connectivity index (χ1) is 11.8. The van der Waals surface area contributed by atoms with Crippen molar-refractivity contribution in [2.75, 3.05) is 20.8 Å². The molecule has 0 saturated carbocycles. The molecule has 5 heteroatoms. The summed E-state index contributed by atoms with van der Waals surface area (Å²) < 4.78 is 16.0. The lowest BCUT2D eigenvalue weighted by Crippen LogP contribution is -2.07. The van der Waals surface area contributed by atoms with Gasteiger partial charge >= 0.3 is 0 Å². The number of ether oxygens (including phenoxy) is 3. The van der Waals surface area contributed by atoms with Gasteiger partial charge in [0.05, 0.1) is 27.0 Å². The van der Waals surface area contributed by atoms with Gasteiger partial charge in [-0.3, -0.25) is 0 Å². The predicted octanol–water partition coefficient (Wildman–Crippen LogP) is 2.84. The van der Waals surface area contributed by atoms with Gasteiger partial charge in [0.25, 0.3) is 0 Å². The number of terminal acetylenes is 1. The van der Waals surface area contributed by atoms with Crippen molar-refractivity contribution in [3.8, 4) is 29.6 Å². The zero-order chi connectivity index (χ0) is 17.2. The van der Waals surface area contributed by atoms with Crippen LogP contribution in [0, 0.1) is 12.3 Å². The minimum absolute atomic E-state index is 0.199. The summed E-state index contributed by atoms with van der Waals surface area (Å²) in [4.78, 5) is 0. The second kappa shape index (κ2) is 9.11. The highest BCUT2D eigenvalue weighted by atomic mass is 16.5. The molecule has 0 aromatic heterocycles. The highest BCUT2D eigenvalue weighted by Crippen LogP contribution is 2.27. The third-order valence-electron chi connectivity index (χ3n) is 3.27. The molecular formula is C19H20N2O3. The highest BCUT2D eigenvalue weighted by Gasteiger charge is 2.04. The van der Waals surface area contributed by atoms with Gasteiger partial charge in [-0.15, -0.1) is 6.42 Å². The average molecular weight is 324 g/mol. The fourth-order valence-corrected chi connectivity index (χ4v) is 2.10. The second-order valence-electron chi connectivity index (χ2n) is 4.81. The Balaban J connectivity index is 1.98. The van der Waals surface area contributed by atoms with Gasteiger partial charge in [0.1, 0.15) is 12.4 Å². The topological polar surface area (TPSA) is 52.1 Å². The number of rotatable bonds is 8. The molecular weight excluding hydrogens is 304 g/mol. The lowest BCUT2D eigenvalue weighted by molar-refractivity contribution is 0.331. The molecule has 0 spiro atoms. The summed E-state index contributed by atoms with van der Waals surface area (Å²) in [6.07, 6.45) is 6.90. The van der Waals surface area contributed by atoms with Crippen molar-refractivity contribution in [3.05, 3.63) is 53.6 Å². The maximum atomic E-state index is 5.41. The number of nitrogens with zero attached hydrogens (tertiary/aromatic N) is 1. The van der Waals surface area contributed by atoms with Gasteiger partial charge in [-0.2, -0.15) is 5.10 Å². The first-order valence-corrected chi connectivity index (χ1v) is 7.40. The quantitative estimate of drug-likeness (QED) is 0.461. The number of nitrogens with one attached hydrogen (secondary N) is 1. The summed E-state index contributed by atoms with van der Waals surface area (Å²) in [6, 6.07) is 13.3. The first kappa shape index (κ1) is 17.2. The molecule has 0 fully saturated rings. The summed E-state index contributed by atoms with van der Waals surface area (Å²) in [5.41, 5.74) is 4.92. The molecule has 2 aromatic carbocycles. The van der Waals surface area contributed by atoms with Gasteiger partial charge in [-0.05, 0) is 29.8 Å². The Labute approximate surface area is 142 Å². The van der Waals surface area contributed by atoms with E-state index in [2.05, 4.69) is 16.4 Å². The van der Waals surface area contributed by atoms with Crippen LogP contribution in [0.15, 0.2) is 47.6 Å². The Morgan fingerprint density at radius 3 is 2.62 bits per heavy atom. The molecule has 2 aromatic rings. The van der Waals surface area contributed by atoms with Gasteiger partial charge in [-0.25, -0.2) is 0 Å². The lowest BCUT2D eigenvalue weighted by atomic mass is 10.2. The van der Waals surface area contributed by atoms with E-state index in [4.69, 9.17) is 20.6 Å². The first-order valence-electron chi connectivity index (χ1n) is 7.40. The maximum absolute atomic E-state index is 5.41. The van der Waals surface area contributed by atoms with Crippen LogP contribution in [-0.2, 0) is 6.54 Å². The van der Waals surface area contributed by atoms with E-state index in [9.17, 15) is 0 Å². The minimum atomic E-state index is 0.199. The van der Waals surface area contributed by atoms with Crippen LogP contribution in [0.1, 0.15) is 11.1 Å². The normalized spacial score (nSPS) is 10.2. The smallest absolute Gasteiger partial charge is 0.162 e. The zero-order valence-corrected chi connectivity index (χ0v) is 13.8. The van der Waals surface area contributed by atoms with Gasteiger partial charge < -0.3 is 19.6 Å². The average Bonchev–Trinajstić information content (AvgIpc) is 2.64. The Bertz CT molecular complexity index is 736. The Hall–Kier alpha value is -3.13. The molecule has 0 bridgehead atoms. The van der Waals surface area contributed by atoms with E-state index in [0.717, 1.165) is 16.9 Å². The SMILES string of the molecule is C#CCOc1ccc(/C=N/NCc2ccccc2OC)cc1OC. The number of methoxy groups -OCH3 is 2. The van der Waals surface area contributed by atoms with Crippen molar-refractivity contribution in [2.24, 2.45) is 5.10 Å². The number of benzene rings is 2. The van der Waals surface area contributed by atoms with E-state index in [-0.39, 0.29) is 6.61 Å². The van der Waals surface area contributed by atoms with Crippen molar-refractivity contribution in [1.82, 2.24) is 5.43 Å². The van der Waals surface area contributed by atoms with Gasteiger partial charge in [-0.1, -0.05) is 24.1 Å². The van der Waals surface area contributed by atoms with Crippen LogP contribution < -0.4 is 19.6 Å². The third kappa shape index (κ3) is 4.68. The molecule has 0 aliphatic carbocycles. The number of hydrogen-bond donors (Lipinski definition) is 1. The summed E-state index contributed by atoms with van der Waals surface area (Å²) in [6.45, 7) is 0.769. The minimum Gasteiger partial charge on any atom is -0.496 e. The maximum Gasteiger partial charge on any atom is 0.162 e. The summed E-state index contributed by atoms with van der Waals surface area (Å²) >= 11 is 0. The van der Waals surface area contributed by atoms with Crippen LogP contribution >= 0.6 is 0 Å². The van der Waals surface area contributed by atoms with Crippen LogP contribution in [0.2, 0.25) is 0 Å². The van der Waals surface area contributed by atoms with Gasteiger partial charge in [0.15, 0.2) is 11.5 Å². The molecule has 0 saturated heterocycles. The van der Waals surface area contributed by atoms with Crippen LogP contribution in [0.5, 0.6) is 17.2 Å². The molecule has 0 atom stereocenters. The Morgan fingerprint density at radius 2 is 1.88 bits per heavy atom. The van der Waals surface area contributed by atoms with E-state index in [1.54, 1.807) is 26.5 Å². The molecule has 0 heterocycles. The third-order valence-corrected chi connectivity index (χ3v) is 3.27. The molecule has 0 unspecified atom stereocenters. The van der Waals surface area contributed by atoms with Gasteiger partial charge in [0, 0.05) is 5.56 Å². The lowest BCUT2D eigenvalue weighted by Gasteiger charge is -2.09. The highest BCUT2D eigenvalue weighted by molar-refractivity contribution is 5.80. The van der Waals surface area contributed by atoms with Crippen LogP contribution in [-0.4, -0.2) is 27.0 Å². The molecule has 24 heavy (non-hydrogen) atoms. The fraction of sp³-hybridized carbons (Fsp3) is 0.211. The van der Waals surface area contributed by atoms with Crippen LogP contribution in [0.3, 0.4) is 0 Å². The van der Waals surface area contributed by atoms with E-state index in [0.29, 0.717) is 18.0 Å². The summed E-state index contributed by atoms with van der Waals surface area (Å²) in [5.74, 6) is 4.47. The Kier molecular flexibility index (Phi) is 6.54. The molecule has 0 aliphatic heterocycles. The monoisotopic (exact) mass is 324 g/mol. The number of hydrogen-bond acceptors (Lipinski definition) is 5. The van der Waals surface area contributed by atoms with E-state index in [1.807, 2.05) is 36.4 Å². The largest absolute Gasteiger partial charge is 0.496 e. The van der Waals surface area contributed by atoms with Crippen LogP contribution in [0.4, 0.5) is 0 Å². The van der Waals surface area contributed by atoms with Crippen LogP contribution in [0.25, 0.3) is 0 Å². The van der Waals surface area contributed by atoms with Crippen molar-refractivity contribution >= 4 is 6.21 Å². The second-order valence-corrected chi connectivity index (χ2v) is 4.81. The molecule has 124 valence electrons. The number of hydrazone groups is 1. The molecule has 0 amide bonds. The Morgan fingerprint density at radius 1 is 1.08 bits per heavy atom. The molecule has 1 N–H and O–H groups in total. The molecule has 2 rings (SSSR count). The zero-order valence-electron chi connectivity index (χ0n) is 13.8. The molecule has 5 nitrogen and oxygen atoms in total. The summed E-state index contributed by atoms with van der Waals surface area (Å²) in [5, 5.41) is 4.22. The van der Waals surface area contributed by atoms with E-state index < -0.39 is 0 Å². The van der Waals surface area contributed by atoms with E-state index in [1.165, 1.54) is 0 Å². The van der Waals surface area contributed by atoms with Crippen molar-refractivity contribution in [3.63, 3.8) is 0 Å².